The number of amides is 1. The Kier molecular flexibility index (Phi) is 4.29. The lowest BCUT2D eigenvalue weighted by Gasteiger charge is -2.19. The molecule has 0 aromatic rings. The van der Waals surface area contributed by atoms with Gasteiger partial charge in [0.15, 0.2) is 0 Å². The van der Waals surface area contributed by atoms with Gasteiger partial charge in [0, 0.05) is 26.1 Å². The minimum Gasteiger partial charge on any atom is -0.481 e. The first kappa shape index (κ1) is 13.0. The molecule has 92 valence electrons. The van der Waals surface area contributed by atoms with E-state index in [2.05, 4.69) is 5.32 Å². The van der Waals surface area contributed by atoms with Crippen molar-refractivity contribution in [2.45, 2.75) is 26.7 Å². The second-order valence-corrected chi connectivity index (χ2v) is 4.60. The van der Waals surface area contributed by atoms with Crippen LogP contribution in [0.5, 0.6) is 0 Å². The topological polar surface area (TPSA) is 69.6 Å². The second-order valence-electron chi connectivity index (χ2n) is 4.60. The molecule has 5 nitrogen and oxygen atoms in total. The normalized spacial score (nSPS) is 25.6. The van der Waals surface area contributed by atoms with Gasteiger partial charge in [-0.1, -0.05) is 0 Å². The number of rotatable bonds is 5. The van der Waals surface area contributed by atoms with Gasteiger partial charge in [-0.3, -0.25) is 9.59 Å². The van der Waals surface area contributed by atoms with Gasteiger partial charge >= 0.3 is 5.97 Å². The van der Waals surface area contributed by atoms with Gasteiger partial charge in [-0.25, -0.2) is 0 Å². The Bertz CT molecular complexity index is 280. The summed E-state index contributed by atoms with van der Waals surface area (Å²) in [5.74, 6) is -0.709. The number of likely N-dealkylation sites (tertiary alicyclic amines) is 1. The van der Waals surface area contributed by atoms with Crippen molar-refractivity contribution in [3.8, 4) is 0 Å². The van der Waals surface area contributed by atoms with Crippen molar-refractivity contribution < 1.29 is 14.7 Å². The molecular formula is C11H20N2O3. The smallest absolute Gasteiger partial charge is 0.310 e. The highest BCUT2D eigenvalue weighted by Gasteiger charge is 2.40. The van der Waals surface area contributed by atoms with Crippen LogP contribution in [-0.4, -0.2) is 48.1 Å². The van der Waals surface area contributed by atoms with Gasteiger partial charge in [-0.05, 0) is 26.8 Å². The highest BCUT2D eigenvalue weighted by molar-refractivity contribution is 5.76. The Labute approximate surface area is 95.8 Å². The molecule has 16 heavy (non-hydrogen) atoms. The maximum atomic E-state index is 11.2. The summed E-state index contributed by atoms with van der Waals surface area (Å²) < 4.78 is 0. The van der Waals surface area contributed by atoms with Crippen LogP contribution in [0.4, 0.5) is 0 Å². The molecule has 2 N–H and O–H groups in total. The van der Waals surface area contributed by atoms with Crippen molar-refractivity contribution in [3.05, 3.63) is 0 Å². The molecule has 1 unspecified atom stereocenters. The van der Waals surface area contributed by atoms with Gasteiger partial charge in [0.2, 0.25) is 5.91 Å². The van der Waals surface area contributed by atoms with Gasteiger partial charge in [0.25, 0.3) is 0 Å². The van der Waals surface area contributed by atoms with Crippen LogP contribution in [0.15, 0.2) is 0 Å². The molecule has 5 heteroatoms. The lowest BCUT2D eigenvalue weighted by molar-refractivity contribution is -0.147. The number of carboxylic acids is 1. The molecule has 1 fully saturated rings. The standard InChI is InChI=1S/C11H20N2O3/c1-3-12-9(14)4-6-13-7-5-11(2,8-13)10(15)16/h3-8H2,1-2H3,(H,12,14)(H,15,16). The van der Waals surface area contributed by atoms with Crippen molar-refractivity contribution in [3.63, 3.8) is 0 Å². The molecule has 1 heterocycles. The number of carbonyl (C=O) groups excluding carboxylic acids is 1. The average molecular weight is 228 g/mol. The highest BCUT2D eigenvalue weighted by Crippen LogP contribution is 2.29. The summed E-state index contributed by atoms with van der Waals surface area (Å²) in [5.41, 5.74) is -0.638. The van der Waals surface area contributed by atoms with Crippen LogP contribution < -0.4 is 5.32 Å². The minimum absolute atomic E-state index is 0.0337. The minimum atomic E-state index is -0.743. The Balaban J connectivity index is 2.32. The van der Waals surface area contributed by atoms with Crippen LogP contribution >= 0.6 is 0 Å². The van der Waals surface area contributed by atoms with E-state index < -0.39 is 11.4 Å². The van der Waals surface area contributed by atoms with Crippen LogP contribution in [0, 0.1) is 5.41 Å². The van der Waals surface area contributed by atoms with Crippen molar-refractivity contribution in [2.24, 2.45) is 5.41 Å². The van der Waals surface area contributed by atoms with E-state index in [0.717, 1.165) is 6.54 Å². The summed E-state index contributed by atoms with van der Waals surface area (Å²) in [6, 6.07) is 0. The van der Waals surface area contributed by atoms with Gasteiger partial charge < -0.3 is 15.3 Å². The number of carbonyl (C=O) groups is 2. The van der Waals surface area contributed by atoms with Crippen LogP contribution in [0.25, 0.3) is 0 Å². The molecule has 1 aliphatic rings. The number of aliphatic carboxylic acids is 1. The third-order valence-corrected chi connectivity index (χ3v) is 3.10. The fourth-order valence-electron chi connectivity index (χ4n) is 1.97. The Morgan fingerprint density at radius 2 is 2.19 bits per heavy atom. The van der Waals surface area contributed by atoms with Crippen LogP contribution in [0.3, 0.4) is 0 Å². The predicted octanol–water partition coefficient (Wildman–Crippen LogP) is 0.309. The van der Waals surface area contributed by atoms with Gasteiger partial charge in [-0.2, -0.15) is 0 Å². The summed E-state index contributed by atoms with van der Waals surface area (Å²) in [5, 5.41) is 11.8. The lowest BCUT2D eigenvalue weighted by Crippen LogP contribution is -2.34. The molecule has 1 amide bonds. The molecule has 0 bridgehead atoms. The fraction of sp³-hybridized carbons (Fsp3) is 0.818. The zero-order chi connectivity index (χ0) is 12.2. The Morgan fingerprint density at radius 3 is 2.69 bits per heavy atom. The predicted molar refractivity (Wildman–Crippen MR) is 60.1 cm³/mol. The molecule has 1 saturated heterocycles. The summed E-state index contributed by atoms with van der Waals surface area (Å²) >= 11 is 0. The van der Waals surface area contributed by atoms with Gasteiger partial charge in [-0.15, -0.1) is 0 Å². The molecule has 0 aliphatic carbocycles. The van der Waals surface area contributed by atoms with Crippen molar-refractivity contribution in [1.29, 1.82) is 0 Å². The summed E-state index contributed by atoms with van der Waals surface area (Å²) in [7, 11) is 0. The van der Waals surface area contributed by atoms with Crippen molar-refractivity contribution >= 4 is 11.9 Å². The molecule has 0 aromatic heterocycles. The first-order valence-electron chi connectivity index (χ1n) is 5.70. The largest absolute Gasteiger partial charge is 0.481 e. The molecule has 0 saturated carbocycles. The van der Waals surface area contributed by atoms with Crippen LogP contribution in [-0.2, 0) is 9.59 Å². The molecule has 0 spiro atoms. The average Bonchev–Trinajstić information content (AvgIpc) is 2.59. The van der Waals surface area contributed by atoms with E-state index >= 15 is 0 Å². The van der Waals surface area contributed by atoms with Gasteiger partial charge in [0.05, 0.1) is 5.41 Å². The summed E-state index contributed by atoms with van der Waals surface area (Å²) in [6.45, 7) is 6.25. The molecule has 1 atom stereocenters. The third-order valence-electron chi connectivity index (χ3n) is 3.10. The van der Waals surface area contributed by atoms with E-state index in [1.807, 2.05) is 11.8 Å². The van der Waals surface area contributed by atoms with E-state index in [9.17, 15) is 9.59 Å². The summed E-state index contributed by atoms with van der Waals surface area (Å²) in [4.78, 5) is 24.3. The maximum absolute atomic E-state index is 11.2. The van der Waals surface area contributed by atoms with E-state index in [1.54, 1.807) is 6.92 Å². The number of carboxylic acid groups (broad SMARTS) is 1. The van der Waals surface area contributed by atoms with E-state index in [-0.39, 0.29) is 5.91 Å². The molecule has 1 aliphatic heterocycles. The van der Waals surface area contributed by atoms with E-state index in [1.165, 1.54) is 0 Å². The third kappa shape index (κ3) is 3.20. The van der Waals surface area contributed by atoms with E-state index in [0.29, 0.717) is 32.5 Å². The van der Waals surface area contributed by atoms with Crippen LogP contribution in [0.2, 0.25) is 0 Å². The van der Waals surface area contributed by atoms with E-state index in [4.69, 9.17) is 5.11 Å². The number of hydrogen-bond acceptors (Lipinski definition) is 3. The zero-order valence-corrected chi connectivity index (χ0v) is 9.95. The lowest BCUT2D eigenvalue weighted by atomic mass is 9.90. The molecule has 1 rings (SSSR count). The fourth-order valence-corrected chi connectivity index (χ4v) is 1.97. The Hall–Kier alpha value is -1.10. The van der Waals surface area contributed by atoms with Crippen molar-refractivity contribution in [2.75, 3.05) is 26.2 Å². The SMILES string of the molecule is CCNC(=O)CCN1CCC(C)(C(=O)O)C1. The van der Waals surface area contributed by atoms with Crippen molar-refractivity contribution in [1.82, 2.24) is 10.2 Å². The molecule has 0 radical (unpaired) electrons. The van der Waals surface area contributed by atoms with Crippen LogP contribution in [0.1, 0.15) is 26.7 Å². The molecule has 0 aromatic carbocycles. The Morgan fingerprint density at radius 1 is 1.50 bits per heavy atom. The first-order chi connectivity index (χ1) is 7.48. The first-order valence-corrected chi connectivity index (χ1v) is 5.70. The van der Waals surface area contributed by atoms with Gasteiger partial charge in [0.1, 0.15) is 0 Å². The quantitative estimate of drug-likeness (QED) is 0.710. The maximum Gasteiger partial charge on any atom is 0.310 e. The number of nitrogens with zero attached hydrogens (tertiary/aromatic N) is 1. The monoisotopic (exact) mass is 228 g/mol. The second kappa shape index (κ2) is 5.30. The number of hydrogen-bond donors (Lipinski definition) is 2. The molecular weight excluding hydrogens is 208 g/mol. The summed E-state index contributed by atoms with van der Waals surface area (Å²) in [6.07, 6.45) is 1.11. The zero-order valence-electron chi connectivity index (χ0n) is 9.95. The number of nitrogens with one attached hydrogen (secondary N) is 1. The highest BCUT2D eigenvalue weighted by atomic mass is 16.4.